The first-order valence-corrected chi connectivity index (χ1v) is 14.2. The normalized spacial score (nSPS) is 20.1. The highest BCUT2D eigenvalue weighted by molar-refractivity contribution is 7.70. The fourth-order valence-corrected chi connectivity index (χ4v) is 6.47. The third-order valence-corrected chi connectivity index (χ3v) is 8.59. The highest BCUT2D eigenvalue weighted by Gasteiger charge is 2.45. The van der Waals surface area contributed by atoms with Crippen molar-refractivity contribution in [3.05, 3.63) is 77.1 Å². The van der Waals surface area contributed by atoms with Gasteiger partial charge in [-0.15, -0.1) is 0 Å². The molecule has 6 nitrogen and oxygen atoms in total. The molecule has 0 saturated carbocycles. The van der Waals surface area contributed by atoms with Crippen LogP contribution in [0.3, 0.4) is 0 Å². The highest BCUT2D eigenvalue weighted by Crippen LogP contribution is 2.50. The SMILES string of the molecule is [2H]C([2H])([2H])N1C(=O)c2cccc(OC(F)F)c2[C@H]2C[C@@H]1c1nc3c(F)cc(-c4ccc(P(C)(C)=O)c(F)c4)cc3n12. The van der Waals surface area contributed by atoms with Crippen molar-refractivity contribution in [2.24, 2.45) is 0 Å². The quantitative estimate of drug-likeness (QED) is 0.235. The first-order valence-electron chi connectivity index (χ1n) is 13.1. The minimum atomic E-state index is -3.22. The summed E-state index contributed by atoms with van der Waals surface area (Å²) in [7, 11) is -2.91. The lowest BCUT2D eigenvalue weighted by Crippen LogP contribution is -2.30. The van der Waals surface area contributed by atoms with E-state index in [1.165, 1.54) is 54.3 Å². The summed E-state index contributed by atoms with van der Waals surface area (Å²) in [6.07, 6.45) is -0.0313. The predicted octanol–water partition coefficient (Wildman–Crippen LogP) is 5.95. The number of carbonyl (C=O) groups excluding carboxylic acids is 1. The number of ether oxygens (including phenoxy) is 1. The summed E-state index contributed by atoms with van der Waals surface area (Å²) < 4.78 is 100. The fourth-order valence-electron chi connectivity index (χ4n) is 5.46. The van der Waals surface area contributed by atoms with Crippen LogP contribution in [0.4, 0.5) is 17.6 Å². The van der Waals surface area contributed by atoms with Crippen molar-refractivity contribution in [2.75, 3.05) is 20.3 Å². The van der Waals surface area contributed by atoms with Crippen LogP contribution in [0.25, 0.3) is 22.2 Å². The van der Waals surface area contributed by atoms with Crippen molar-refractivity contribution in [3.8, 4) is 16.9 Å². The molecule has 6 rings (SSSR count). The number of benzene rings is 3. The molecule has 1 aromatic heterocycles. The lowest BCUT2D eigenvalue weighted by molar-refractivity contribution is -0.0507. The van der Waals surface area contributed by atoms with E-state index < -0.39 is 50.4 Å². The van der Waals surface area contributed by atoms with Gasteiger partial charge in [-0.3, -0.25) is 4.79 Å². The van der Waals surface area contributed by atoms with E-state index in [1.54, 1.807) is 0 Å². The zero-order chi connectivity index (χ0) is 29.6. The van der Waals surface area contributed by atoms with Gasteiger partial charge < -0.3 is 18.8 Å². The van der Waals surface area contributed by atoms with Crippen LogP contribution < -0.4 is 10.0 Å². The van der Waals surface area contributed by atoms with Crippen molar-refractivity contribution in [2.45, 2.75) is 25.1 Å². The number of alkyl halides is 2. The third kappa shape index (κ3) is 3.65. The third-order valence-electron chi connectivity index (χ3n) is 7.07. The van der Waals surface area contributed by atoms with E-state index in [0.717, 1.165) is 12.1 Å². The van der Waals surface area contributed by atoms with Crippen LogP contribution in [0.2, 0.25) is 0 Å². The second-order valence-electron chi connectivity index (χ2n) is 9.72. The van der Waals surface area contributed by atoms with E-state index in [-0.39, 0.29) is 56.6 Å². The van der Waals surface area contributed by atoms with Gasteiger partial charge in [-0.05, 0) is 60.9 Å². The summed E-state index contributed by atoms with van der Waals surface area (Å²) in [6.45, 7) is -3.28. The number of nitrogens with zero attached hydrogens (tertiary/aromatic N) is 3. The fraction of sp³-hybridized carbons (Fsp3) is 0.259. The lowest BCUT2D eigenvalue weighted by Gasteiger charge is -2.24. The Morgan fingerprint density at radius 3 is 2.53 bits per heavy atom. The van der Waals surface area contributed by atoms with Crippen molar-refractivity contribution in [1.29, 1.82) is 0 Å². The van der Waals surface area contributed by atoms with Crippen LogP contribution in [0, 0.1) is 11.6 Å². The van der Waals surface area contributed by atoms with Crippen molar-refractivity contribution in [1.82, 2.24) is 14.5 Å². The minimum Gasteiger partial charge on any atom is -0.434 e. The molecular weight excluding hydrogens is 521 g/mol. The van der Waals surface area contributed by atoms with Gasteiger partial charge in [0, 0.05) is 33.9 Å². The molecule has 0 radical (unpaired) electrons. The Bertz CT molecular complexity index is 1800. The highest BCUT2D eigenvalue weighted by atomic mass is 31.2. The molecule has 0 saturated heterocycles. The van der Waals surface area contributed by atoms with Crippen LogP contribution in [-0.2, 0) is 4.57 Å². The average Bonchev–Trinajstić information content (AvgIpc) is 3.36. The molecule has 0 spiro atoms. The maximum Gasteiger partial charge on any atom is 0.387 e. The molecule has 2 aliphatic rings. The molecule has 11 heteroatoms. The minimum absolute atomic E-state index is 0.0313. The maximum absolute atomic E-state index is 15.6. The molecule has 0 unspecified atom stereocenters. The van der Waals surface area contributed by atoms with Crippen molar-refractivity contribution < 1.29 is 35.8 Å². The summed E-state index contributed by atoms with van der Waals surface area (Å²) in [5.74, 6) is -2.65. The lowest BCUT2D eigenvalue weighted by atomic mass is 9.97. The Hall–Kier alpha value is -3.65. The molecule has 0 aliphatic carbocycles. The molecular formula is C27H22F4N3O3P. The first kappa shape index (κ1) is 21.3. The molecule has 2 atom stereocenters. The van der Waals surface area contributed by atoms with Gasteiger partial charge in [-0.25, -0.2) is 13.8 Å². The zero-order valence-electron chi connectivity index (χ0n) is 23.1. The zero-order valence-corrected chi connectivity index (χ0v) is 21.0. The molecule has 3 heterocycles. The second-order valence-corrected chi connectivity index (χ2v) is 12.9. The summed E-state index contributed by atoms with van der Waals surface area (Å²) in [4.78, 5) is 18.6. The number of amides is 1. The standard InChI is InChI=1S/C27H22F4N3O3P/c1-33-20-12-18(23-15(26(33)35)5-4-6-21(23)37-27(30)31)34-19-11-14(10-17(29)24(19)32-25(20)34)13-7-8-22(16(28)9-13)38(2,3)36/h4-11,18,20,27H,12H2,1-3H3/t18-,20-/m1/s1/i1D3. The number of carbonyl (C=O) groups is 1. The number of imidazole rings is 1. The molecule has 2 aliphatic heterocycles. The maximum atomic E-state index is 15.6. The molecule has 2 bridgehead atoms. The van der Waals surface area contributed by atoms with Crippen LogP contribution >= 0.6 is 7.14 Å². The topological polar surface area (TPSA) is 64.4 Å². The Kier molecular flexibility index (Phi) is 4.72. The monoisotopic (exact) mass is 546 g/mol. The largest absolute Gasteiger partial charge is 0.434 e. The van der Waals surface area contributed by atoms with Gasteiger partial charge in [-0.1, -0.05) is 12.1 Å². The summed E-state index contributed by atoms with van der Waals surface area (Å²) in [5, 5.41) is 0.0516. The first-order chi connectivity index (χ1) is 19.2. The molecule has 0 fully saturated rings. The Morgan fingerprint density at radius 1 is 1.08 bits per heavy atom. The molecule has 3 aromatic carbocycles. The van der Waals surface area contributed by atoms with Crippen molar-refractivity contribution >= 4 is 29.4 Å². The van der Waals surface area contributed by atoms with Gasteiger partial charge in [0.2, 0.25) is 0 Å². The van der Waals surface area contributed by atoms with E-state index in [1.807, 2.05) is 0 Å². The van der Waals surface area contributed by atoms with E-state index in [2.05, 4.69) is 4.98 Å². The van der Waals surface area contributed by atoms with Gasteiger partial charge in [0.05, 0.1) is 17.6 Å². The van der Waals surface area contributed by atoms with Gasteiger partial charge in [0.1, 0.15) is 30.0 Å². The van der Waals surface area contributed by atoms with Crippen LogP contribution in [0.15, 0.2) is 48.5 Å². The van der Waals surface area contributed by atoms with Crippen LogP contribution in [0.1, 0.15) is 44.4 Å². The Labute approximate surface area is 219 Å². The number of fused-ring (bicyclic) bond motifs is 9. The molecule has 0 N–H and O–H groups in total. The number of aromatic nitrogens is 2. The summed E-state index contributed by atoms with van der Waals surface area (Å²) >= 11 is 0. The second kappa shape index (κ2) is 8.43. The summed E-state index contributed by atoms with van der Waals surface area (Å²) in [5.41, 5.74) is 0.519. The van der Waals surface area contributed by atoms with Gasteiger partial charge in [0.15, 0.2) is 5.82 Å². The van der Waals surface area contributed by atoms with E-state index in [4.69, 9.17) is 8.85 Å². The molecule has 1 amide bonds. The van der Waals surface area contributed by atoms with Crippen molar-refractivity contribution in [3.63, 3.8) is 0 Å². The summed E-state index contributed by atoms with van der Waals surface area (Å²) in [6, 6.07) is 8.62. The van der Waals surface area contributed by atoms with Gasteiger partial charge >= 0.3 is 6.61 Å². The van der Waals surface area contributed by atoms with Crippen LogP contribution in [0.5, 0.6) is 5.75 Å². The average molecular weight is 546 g/mol. The van der Waals surface area contributed by atoms with E-state index in [0.29, 0.717) is 4.90 Å². The molecule has 38 heavy (non-hydrogen) atoms. The molecule has 4 aromatic rings. The number of hydrogen-bond donors (Lipinski definition) is 0. The van der Waals surface area contributed by atoms with Gasteiger partial charge in [-0.2, -0.15) is 8.78 Å². The van der Waals surface area contributed by atoms with Gasteiger partial charge in [0.25, 0.3) is 5.91 Å². The van der Waals surface area contributed by atoms with E-state index in [9.17, 15) is 22.5 Å². The number of hydrogen-bond acceptors (Lipinski definition) is 4. The van der Waals surface area contributed by atoms with E-state index >= 15 is 4.39 Å². The Morgan fingerprint density at radius 2 is 1.84 bits per heavy atom. The number of halogens is 4. The Balaban J connectivity index is 1.61. The van der Waals surface area contributed by atoms with Crippen LogP contribution in [-0.4, -0.2) is 47.3 Å². The number of rotatable bonds is 4. The molecule has 196 valence electrons. The smallest absolute Gasteiger partial charge is 0.387 e. The predicted molar refractivity (Wildman–Crippen MR) is 135 cm³/mol.